The van der Waals surface area contributed by atoms with E-state index in [0.29, 0.717) is 22.9 Å². The SMILES string of the molecule is COc1ccccc1Oc1ccccc1N.Cl. The normalized spacial score (nSPS) is 9.24. The molecule has 3 nitrogen and oxygen atoms in total. The molecule has 0 bridgehead atoms. The van der Waals surface area contributed by atoms with Gasteiger partial charge in [-0.1, -0.05) is 24.3 Å². The van der Waals surface area contributed by atoms with Crippen LogP contribution in [0.15, 0.2) is 48.5 Å². The molecule has 0 radical (unpaired) electrons. The Hall–Kier alpha value is -1.87. The van der Waals surface area contributed by atoms with Crippen molar-refractivity contribution in [3.8, 4) is 17.2 Å². The van der Waals surface area contributed by atoms with Gasteiger partial charge in [-0.05, 0) is 24.3 Å². The fraction of sp³-hybridized carbons (Fsp3) is 0.0769. The van der Waals surface area contributed by atoms with Crippen LogP contribution in [0.25, 0.3) is 0 Å². The molecule has 0 saturated carbocycles. The number of halogens is 1. The summed E-state index contributed by atoms with van der Waals surface area (Å²) in [7, 11) is 1.61. The monoisotopic (exact) mass is 251 g/mol. The average molecular weight is 252 g/mol. The molecule has 90 valence electrons. The smallest absolute Gasteiger partial charge is 0.169 e. The van der Waals surface area contributed by atoms with E-state index in [1.807, 2.05) is 42.5 Å². The van der Waals surface area contributed by atoms with E-state index in [1.54, 1.807) is 13.2 Å². The van der Waals surface area contributed by atoms with Gasteiger partial charge in [0.1, 0.15) is 0 Å². The minimum atomic E-state index is 0. The van der Waals surface area contributed by atoms with Crippen molar-refractivity contribution >= 4 is 18.1 Å². The Labute approximate surface area is 107 Å². The first-order valence-corrected chi connectivity index (χ1v) is 4.96. The predicted octanol–water partition coefficient (Wildman–Crippen LogP) is 3.49. The van der Waals surface area contributed by atoms with Gasteiger partial charge < -0.3 is 15.2 Å². The van der Waals surface area contributed by atoms with Gasteiger partial charge in [-0.2, -0.15) is 0 Å². The Morgan fingerprint density at radius 2 is 1.35 bits per heavy atom. The van der Waals surface area contributed by atoms with Crippen LogP contribution < -0.4 is 15.2 Å². The minimum absolute atomic E-state index is 0. The van der Waals surface area contributed by atoms with Crippen LogP contribution in [0.3, 0.4) is 0 Å². The Kier molecular flexibility index (Phi) is 4.67. The van der Waals surface area contributed by atoms with Gasteiger partial charge in [-0.3, -0.25) is 0 Å². The lowest BCUT2D eigenvalue weighted by Crippen LogP contribution is -1.93. The summed E-state index contributed by atoms with van der Waals surface area (Å²) in [4.78, 5) is 0. The van der Waals surface area contributed by atoms with E-state index in [-0.39, 0.29) is 12.4 Å². The largest absolute Gasteiger partial charge is 0.493 e. The van der Waals surface area contributed by atoms with Crippen LogP contribution >= 0.6 is 12.4 Å². The second-order valence-electron chi connectivity index (χ2n) is 3.29. The first kappa shape index (κ1) is 13.2. The molecular formula is C13H14ClNO2. The van der Waals surface area contributed by atoms with Gasteiger partial charge in [0, 0.05) is 0 Å². The molecule has 0 spiro atoms. The summed E-state index contributed by atoms with van der Waals surface area (Å²) in [6.07, 6.45) is 0. The standard InChI is InChI=1S/C13H13NO2.ClH/c1-15-12-8-4-5-9-13(12)16-11-7-3-2-6-10(11)14;/h2-9H,14H2,1H3;1H. The molecule has 0 aliphatic rings. The van der Waals surface area contributed by atoms with Crippen LogP contribution in [0.5, 0.6) is 17.2 Å². The fourth-order valence-electron chi connectivity index (χ4n) is 1.40. The minimum Gasteiger partial charge on any atom is -0.493 e. The molecule has 17 heavy (non-hydrogen) atoms. The summed E-state index contributed by atoms with van der Waals surface area (Å²) in [5.74, 6) is 1.97. The molecule has 4 heteroatoms. The number of ether oxygens (including phenoxy) is 2. The maximum Gasteiger partial charge on any atom is 0.169 e. The summed E-state index contributed by atoms with van der Waals surface area (Å²) in [5.41, 5.74) is 6.40. The van der Waals surface area contributed by atoms with Crippen LogP contribution in [-0.2, 0) is 0 Å². The zero-order valence-electron chi connectivity index (χ0n) is 9.42. The van der Waals surface area contributed by atoms with E-state index >= 15 is 0 Å². The number of hydrogen-bond acceptors (Lipinski definition) is 3. The van der Waals surface area contributed by atoms with Gasteiger partial charge in [-0.15, -0.1) is 12.4 Å². The van der Waals surface area contributed by atoms with E-state index in [4.69, 9.17) is 15.2 Å². The van der Waals surface area contributed by atoms with Gasteiger partial charge in [-0.25, -0.2) is 0 Å². The van der Waals surface area contributed by atoms with Gasteiger partial charge in [0.15, 0.2) is 17.2 Å². The number of nitrogen functional groups attached to an aromatic ring is 1. The van der Waals surface area contributed by atoms with E-state index in [9.17, 15) is 0 Å². The molecule has 0 aliphatic carbocycles. The van der Waals surface area contributed by atoms with Gasteiger partial charge in [0.2, 0.25) is 0 Å². The first-order valence-electron chi connectivity index (χ1n) is 4.96. The lowest BCUT2D eigenvalue weighted by molar-refractivity contribution is 0.379. The number of methoxy groups -OCH3 is 1. The first-order chi connectivity index (χ1) is 7.81. The summed E-state index contributed by atoms with van der Waals surface area (Å²) in [6.45, 7) is 0. The Balaban J connectivity index is 0.00000144. The molecule has 0 unspecified atom stereocenters. The van der Waals surface area contributed by atoms with Crippen LogP contribution in [0.1, 0.15) is 0 Å². The molecule has 0 amide bonds. The van der Waals surface area contributed by atoms with Gasteiger partial charge in [0.05, 0.1) is 12.8 Å². The van der Waals surface area contributed by atoms with Crippen molar-refractivity contribution in [2.45, 2.75) is 0 Å². The Bertz CT molecular complexity index is 488. The molecule has 2 aromatic rings. The van der Waals surface area contributed by atoms with Crippen molar-refractivity contribution in [2.24, 2.45) is 0 Å². The van der Waals surface area contributed by atoms with E-state index < -0.39 is 0 Å². The summed E-state index contributed by atoms with van der Waals surface area (Å²) in [5, 5.41) is 0. The topological polar surface area (TPSA) is 44.5 Å². The molecule has 2 rings (SSSR count). The summed E-state index contributed by atoms with van der Waals surface area (Å²) in [6, 6.07) is 14.8. The van der Waals surface area contributed by atoms with E-state index in [1.165, 1.54) is 0 Å². The number of nitrogens with two attached hydrogens (primary N) is 1. The van der Waals surface area contributed by atoms with Gasteiger partial charge in [0.25, 0.3) is 0 Å². The molecule has 0 fully saturated rings. The van der Waals surface area contributed by atoms with Crippen molar-refractivity contribution in [2.75, 3.05) is 12.8 Å². The van der Waals surface area contributed by atoms with Crippen LogP contribution in [-0.4, -0.2) is 7.11 Å². The Morgan fingerprint density at radius 1 is 0.824 bits per heavy atom. The third-order valence-electron chi connectivity index (χ3n) is 2.21. The summed E-state index contributed by atoms with van der Waals surface area (Å²) >= 11 is 0. The highest BCUT2D eigenvalue weighted by Gasteiger charge is 2.05. The number of hydrogen-bond donors (Lipinski definition) is 1. The number of rotatable bonds is 3. The van der Waals surface area contributed by atoms with Crippen LogP contribution in [0.2, 0.25) is 0 Å². The molecule has 0 aliphatic heterocycles. The molecule has 2 aromatic carbocycles. The Morgan fingerprint density at radius 3 is 1.94 bits per heavy atom. The molecule has 0 aromatic heterocycles. The summed E-state index contributed by atoms with van der Waals surface area (Å²) < 4.78 is 10.9. The van der Waals surface area contributed by atoms with Crippen molar-refractivity contribution in [1.82, 2.24) is 0 Å². The number of para-hydroxylation sites is 4. The highest BCUT2D eigenvalue weighted by Crippen LogP contribution is 2.33. The van der Waals surface area contributed by atoms with E-state index in [2.05, 4.69) is 0 Å². The second-order valence-corrected chi connectivity index (χ2v) is 3.29. The van der Waals surface area contributed by atoms with Gasteiger partial charge >= 0.3 is 0 Å². The molecule has 2 N–H and O–H groups in total. The molecule has 0 atom stereocenters. The molecule has 0 heterocycles. The third kappa shape index (κ3) is 3.04. The predicted molar refractivity (Wildman–Crippen MR) is 71.2 cm³/mol. The number of anilines is 1. The lowest BCUT2D eigenvalue weighted by Gasteiger charge is -2.11. The van der Waals surface area contributed by atoms with Crippen molar-refractivity contribution < 1.29 is 9.47 Å². The van der Waals surface area contributed by atoms with Crippen molar-refractivity contribution in [1.29, 1.82) is 0 Å². The zero-order valence-corrected chi connectivity index (χ0v) is 10.2. The lowest BCUT2D eigenvalue weighted by atomic mass is 10.3. The molecule has 0 saturated heterocycles. The third-order valence-corrected chi connectivity index (χ3v) is 2.21. The molecular weight excluding hydrogens is 238 g/mol. The van der Waals surface area contributed by atoms with Crippen molar-refractivity contribution in [3.05, 3.63) is 48.5 Å². The van der Waals surface area contributed by atoms with Crippen LogP contribution in [0, 0.1) is 0 Å². The fourth-order valence-corrected chi connectivity index (χ4v) is 1.40. The van der Waals surface area contributed by atoms with Crippen molar-refractivity contribution in [3.63, 3.8) is 0 Å². The highest BCUT2D eigenvalue weighted by atomic mass is 35.5. The average Bonchev–Trinajstić information content (AvgIpc) is 2.33. The second kappa shape index (κ2) is 6.01. The maximum absolute atomic E-state index is 5.79. The quantitative estimate of drug-likeness (QED) is 0.850. The van der Waals surface area contributed by atoms with E-state index in [0.717, 1.165) is 0 Å². The zero-order chi connectivity index (χ0) is 11.4. The van der Waals surface area contributed by atoms with Crippen LogP contribution in [0.4, 0.5) is 5.69 Å². The number of benzene rings is 2. The maximum atomic E-state index is 5.79. The highest BCUT2D eigenvalue weighted by molar-refractivity contribution is 5.85.